The molecular weight excluding hydrogens is 396 g/mol. The molecule has 0 saturated heterocycles. The molecule has 4 rings (SSSR count). The van der Waals surface area contributed by atoms with Gasteiger partial charge in [0.15, 0.2) is 11.5 Å². The monoisotopic (exact) mass is 420 g/mol. The average molecular weight is 420 g/mol. The summed E-state index contributed by atoms with van der Waals surface area (Å²) in [4.78, 5) is 30.1. The highest BCUT2D eigenvalue weighted by atomic mass is 16.5. The maximum Gasteiger partial charge on any atom is 0.290 e. The number of aromatic nitrogens is 1. The number of nitrogens with one attached hydrogen (secondary N) is 1. The van der Waals surface area contributed by atoms with Crippen molar-refractivity contribution < 1.29 is 24.2 Å². The Balaban J connectivity index is 1.72. The van der Waals surface area contributed by atoms with Crippen LogP contribution in [0.5, 0.6) is 11.5 Å². The van der Waals surface area contributed by atoms with E-state index in [1.54, 1.807) is 25.3 Å². The predicted molar refractivity (Wildman–Crippen MR) is 116 cm³/mol. The molecule has 0 fully saturated rings. The number of rotatable bonds is 7. The number of Topliss-reactive ketones (excluding diaryl/α,β-unsaturated/α-hetero) is 1. The van der Waals surface area contributed by atoms with Crippen LogP contribution in [0.1, 0.15) is 24.1 Å². The van der Waals surface area contributed by atoms with Gasteiger partial charge >= 0.3 is 0 Å². The van der Waals surface area contributed by atoms with Crippen molar-refractivity contribution in [1.29, 1.82) is 0 Å². The molecule has 31 heavy (non-hydrogen) atoms. The van der Waals surface area contributed by atoms with Crippen molar-refractivity contribution in [3.05, 3.63) is 71.1 Å². The number of benzene rings is 2. The number of aromatic amines is 1. The van der Waals surface area contributed by atoms with Crippen molar-refractivity contribution in [3.63, 3.8) is 0 Å². The van der Waals surface area contributed by atoms with Crippen LogP contribution in [0.2, 0.25) is 0 Å². The number of hydrogen-bond acceptors (Lipinski definition) is 5. The molecular formula is C24H24N2O5. The van der Waals surface area contributed by atoms with Gasteiger partial charge in [0.2, 0.25) is 0 Å². The molecule has 0 spiro atoms. The fourth-order valence-corrected chi connectivity index (χ4v) is 4.19. The number of nitrogens with zero attached hydrogens (tertiary/aromatic N) is 1. The second-order valence-corrected chi connectivity index (χ2v) is 7.44. The molecule has 7 heteroatoms. The number of fused-ring (bicyclic) bond motifs is 1. The average Bonchev–Trinajstić information content (AvgIpc) is 3.30. The van der Waals surface area contributed by atoms with Crippen molar-refractivity contribution in [2.24, 2.45) is 0 Å². The van der Waals surface area contributed by atoms with E-state index in [2.05, 4.69) is 4.98 Å². The van der Waals surface area contributed by atoms with E-state index in [9.17, 15) is 14.7 Å². The third kappa shape index (κ3) is 3.52. The molecule has 0 saturated carbocycles. The van der Waals surface area contributed by atoms with E-state index in [4.69, 9.17) is 9.47 Å². The van der Waals surface area contributed by atoms with E-state index < -0.39 is 17.7 Å². The molecule has 7 nitrogen and oxygen atoms in total. The Morgan fingerprint density at radius 2 is 1.94 bits per heavy atom. The van der Waals surface area contributed by atoms with Gasteiger partial charge < -0.3 is 24.5 Å². The predicted octanol–water partition coefficient (Wildman–Crippen LogP) is 3.71. The SMILES string of the molecule is COc1ccc([C@H]2C(C(C)=O)=C(O)C(=O)N2CCc2c[nH]c3ccccc23)c(OC)c1. The van der Waals surface area contributed by atoms with Crippen LogP contribution in [0.4, 0.5) is 0 Å². The molecule has 0 radical (unpaired) electrons. The van der Waals surface area contributed by atoms with Crippen LogP contribution in [0.3, 0.4) is 0 Å². The molecule has 0 bridgehead atoms. The normalized spacial score (nSPS) is 16.3. The quantitative estimate of drug-likeness (QED) is 0.608. The number of amides is 1. The van der Waals surface area contributed by atoms with E-state index in [1.165, 1.54) is 18.9 Å². The van der Waals surface area contributed by atoms with Gasteiger partial charge in [-0.05, 0) is 37.1 Å². The Kier molecular flexibility index (Phi) is 5.42. The van der Waals surface area contributed by atoms with E-state index >= 15 is 0 Å². The fraction of sp³-hybridized carbons (Fsp3) is 0.250. The Hall–Kier alpha value is -3.74. The molecule has 0 unspecified atom stereocenters. The first kappa shape index (κ1) is 20.5. The molecule has 1 amide bonds. The largest absolute Gasteiger partial charge is 0.503 e. The zero-order valence-electron chi connectivity index (χ0n) is 17.6. The number of aliphatic hydroxyl groups is 1. The minimum atomic E-state index is -0.740. The summed E-state index contributed by atoms with van der Waals surface area (Å²) < 4.78 is 10.8. The number of H-pyrrole nitrogens is 1. The van der Waals surface area contributed by atoms with Crippen molar-refractivity contribution in [2.75, 3.05) is 20.8 Å². The molecule has 0 aliphatic carbocycles. The van der Waals surface area contributed by atoms with Crippen LogP contribution >= 0.6 is 0 Å². The molecule has 1 aliphatic heterocycles. The molecule has 2 heterocycles. The van der Waals surface area contributed by atoms with E-state index in [-0.39, 0.29) is 11.4 Å². The number of aliphatic hydroxyl groups excluding tert-OH is 1. The first-order chi connectivity index (χ1) is 15.0. The van der Waals surface area contributed by atoms with Crippen molar-refractivity contribution in [1.82, 2.24) is 9.88 Å². The number of ether oxygens (including phenoxy) is 2. The number of ketones is 1. The summed E-state index contributed by atoms with van der Waals surface area (Å²) in [6.45, 7) is 1.67. The Bertz CT molecular complexity index is 1190. The molecule has 1 atom stereocenters. The third-order valence-electron chi connectivity index (χ3n) is 5.72. The number of carbonyl (C=O) groups is 2. The number of methoxy groups -OCH3 is 2. The summed E-state index contributed by atoms with van der Waals surface area (Å²) in [7, 11) is 3.07. The van der Waals surface area contributed by atoms with E-state index in [0.29, 0.717) is 30.0 Å². The topological polar surface area (TPSA) is 91.9 Å². The minimum absolute atomic E-state index is 0.0763. The lowest BCUT2D eigenvalue weighted by Crippen LogP contribution is -2.33. The van der Waals surface area contributed by atoms with Crippen molar-refractivity contribution in [2.45, 2.75) is 19.4 Å². The van der Waals surface area contributed by atoms with Crippen LogP contribution in [-0.2, 0) is 16.0 Å². The molecule has 1 aliphatic rings. The number of para-hydroxylation sites is 1. The highest BCUT2D eigenvalue weighted by molar-refractivity contribution is 6.08. The molecule has 1 aromatic heterocycles. The van der Waals surface area contributed by atoms with E-state index in [0.717, 1.165) is 16.5 Å². The molecule has 3 aromatic rings. The van der Waals surface area contributed by atoms with Crippen LogP contribution in [0.15, 0.2) is 60.0 Å². The van der Waals surface area contributed by atoms with Crippen LogP contribution in [0, 0.1) is 0 Å². The summed E-state index contributed by atoms with van der Waals surface area (Å²) in [6, 6.07) is 12.4. The first-order valence-corrected chi connectivity index (χ1v) is 9.98. The maximum absolute atomic E-state index is 12.9. The van der Waals surface area contributed by atoms with Gasteiger partial charge in [0.25, 0.3) is 5.91 Å². The van der Waals surface area contributed by atoms with Gasteiger partial charge in [-0.25, -0.2) is 0 Å². The number of hydrogen-bond donors (Lipinski definition) is 2. The Morgan fingerprint density at radius 3 is 2.65 bits per heavy atom. The Morgan fingerprint density at radius 1 is 1.16 bits per heavy atom. The zero-order valence-corrected chi connectivity index (χ0v) is 17.6. The molecule has 2 N–H and O–H groups in total. The highest BCUT2D eigenvalue weighted by Gasteiger charge is 2.43. The van der Waals surface area contributed by atoms with Gasteiger partial charge in [0.1, 0.15) is 11.5 Å². The highest BCUT2D eigenvalue weighted by Crippen LogP contribution is 2.42. The second-order valence-electron chi connectivity index (χ2n) is 7.44. The summed E-state index contributed by atoms with van der Waals surface area (Å²) in [5.74, 6) is -0.360. The van der Waals surface area contributed by atoms with Gasteiger partial charge in [0.05, 0.1) is 25.8 Å². The van der Waals surface area contributed by atoms with Crippen LogP contribution in [0.25, 0.3) is 10.9 Å². The lowest BCUT2D eigenvalue weighted by Gasteiger charge is -2.28. The standard InChI is InChI=1S/C24H24N2O5/c1-14(27)21-22(18-9-8-16(30-2)12-20(18)31-3)26(24(29)23(21)28)11-10-15-13-25-19-7-5-4-6-17(15)19/h4-9,12-13,22,25,28H,10-11H2,1-3H3/t22-/m0/s1. The van der Waals surface area contributed by atoms with Crippen molar-refractivity contribution in [3.8, 4) is 11.5 Å². The van der Waals surface area contributed by atoms with E-state index in [1.807, 2.05) is 30.5 Å². The van der Waals surface area contributed by atoms with Gasteiger partial charge in [-0.1, -0.05) is 18.2 Å². The smallest absolute Gasteiger partial charge is 0.290 e. The number of carbonyl (C=O) groups excluding carboxylic acids is 2. The second kappa shape index (κ2) is 8.18. The minimum Gasteiger partial charge on any atom is -0.503 e. The summed E-state index contributed by atoms with van der Waals surface area (Å²) in [5.41, 5.74) is 2.76. The summed E-state index contributed by atoms with van der Waals surface area (Å²) in [6.07, 6.45) is 2.48. The molecule has 2 aromatic carbocycles. The maximum atomic E-state index is 12.9. The third-order valence-corrected chi connectivity index (χ3v) is 5.72. The first-order valence-electron chi connectivity index (χ1n) is 9.98. The van der Waals surface area contributed by atoms with Crippen LogP contribution in [-0.4, -0.2) is 47.4 Å². The lowest BCUT2D eigenvalue weighted by molar-refractivity contribution is -0.129. The fourth-order valence-electron chi connectivity index (χ4n) is 4.19. The van der Waals surface area contributed by atoms with Gasteiger partial charge in [-0.2, -0.15) is 0 Å². The van der Waals surface area contributed by atoms with Crippen LogP contribution < -0.4 is 9.47 Å². The summed E-state index contributed by atoms with van der Waals surface area (Å²) >= 11 is 0. The molecule has 160 valence electrons. The van der Waals surface area contributed by atoms with Gasteiger partial charge in [-0.15, -0.1) is 0 Å². The Labute approximate surface area is 179 Å². The van der Waals surface area contributed by atoms with Gasteiger partial charge in [-0.3, -0.25) is 9.59 Å². The van der Waals surface area contributed by atoms with Crippen molar-refractivity contribution >= 4 is 22.6 Å². The summed E-state index contributed by atoms with van der Waals surface area (Å²) in [5, 5.41) is 11.6. The zero-order chi connectivity index (χ0) is 22.1. The lowest BCUT2D eigenvalue weighted by atomic mass is 9.95. The van der Waals surface area contributed by atoms with Gasteiger partial charge in [0, 0.05) is 35.3 Å².